The van der Waals surface area contributed by atoms with Gasteiger partial charge in [0.15, 0.2) is 0 Å². The van der Waals surface area contributed by atoms with Crippen LogP contribution in [0.3, 0.4) is 0 Å². The van der Waals surface area contributed by atoms with E-state index in [-0.39, 0.29) is 37.5 Å². The van der Waals surface area contributed by atoms with Gasteiger partial charge in [0.05, 0.1) is 17.2 Å². The highest BCUT2D eigenvalue weighted by atomic mass is 19.4. The van der Waals surface area contributed by atoms with Crippen molar-refractivity contribution in [3.8, 4) is 0 Å². The van der Waals surface area contributed by atoms with Gasteiger partial charge in [-0.05, 0) is 37.1 Å². The fraction of sp³-hybridized carbons (Fsp3) is 0.391. The second-order valence-corrected chi connectivity index (χ2v) is 7.66. The number of nitrogens with zero attached hydrogens (tertiary/aromatic N) is 1. The number of benzene rings is 2. The number of halogens is 6. The molecule has 2 aromatic carbocycles. The van der Waals surface area contributed by atoms with E-state index in [2.05, 4.69) is 10.6 Å². The highest BCUT2D eigenvalue weighted by molar-refractivity contribution is 5.90. The smallest absolute Gasteiger partial charge is 0.350 e. The number of hydrogen-bond acceptors (Lipinski definition) is 2. The fourth-order valence-electron chi connectivity index (χ4n) is 3.19. The van der Waals surface area contributed by atoms with Crippen LogP contribution in [0.15, 0.2) is 48.5 Å². The molecule has 0 spiro atoms. The first-order chi connectivity index (χ1) is 15.8. The maximum atomic E-state index is 13.1. The van der Waals surface area contributed by atoms with Gasteiger partial charge in [-0.15, -0.1) is 0 Å². The Morgan fingerprint density at radius 3 is 1.97 bits per heavy atom. The van der Waals surface area contributed by atoms with E-state index in [4.69, 9.17) is 0 Å². The predicted molar refractivity (Wildman–Crippen MR) is 115 cm³/mol. The Morgan fingerprint density at radius 2 is 1.47 bits per heavy atom. The molecule has 5 nitrogen and oxygen atoms in total. The van der Waals surface area contributed by atoms with E-state index in [9.17, 15) is 35.9 Å². The Kier molecular flexibility index (Phi) is 8.94. The summed E-state index contributed by atoms with van der Waals surface area (Å²) in [6.07, 6.45) is -9.69. The van der Waals surface area contributed by atoms with Gasteiger partial charge in [0.25, 0.3) is 0 Å². The van der Waals surface area contributed by atoms with Gasteiger partial charge in [-0.1, -0.05) is 37.3 Å². The Hall–Kier alpha value is -3.24. The number of carbonyl (C=O) groups is 2. The Morgan fingerprint density at radius 1 is 0.912 bits per heavy atom. The molecular weight excluding hydrogens is 464 g/mol. The number of amides is 3. The molecule has 2 rings (SSSR count). The average Bonchev–Trinajstić information content (AvgIpc) is 2.75. The molecule has 0 fully saturated rings. The molecule has 2 N–H and O–H groups in total. The largest absolute Gasteiger partial charge is 0.416 e. The van der Waals surface area contributed by atoms with E-state index in [1.807, 2.05) is 30.3 Å². The molecule has 186 valence electrons. The van der Waals surface area contributed by atoms with Crippen LogP contribution in [0.4, 0.5) is 36.8 Å². The zero-order valence-electron chi connectivity index (χ0n) is 18.6. The molecule has 0 saturated heterocycles. The van der Waals surface area contributed by atoms with Crippen LogP contribution >= 0.6 is 0 Å². The molecule has 34 heavy (non-hydrogen) atoms. The van der Waals surface area contributed by atoms with Gasteiger partial charge in [0.2, 0.25) is 5.91 Å². The lowest BCUT2D eigenvalue weighted by molar-refractivity contribution is -0.143. The molecule has 1 unspecified atom stereocenters. The summed E-state index contributed by atoms with van der Waals surface area (Å²) in [5.74, 6) is -0.358. The van der Waals surface area contributed by atoms with Crippen molar-refractivity contribution in [1.82, 2.24) is 10.2 Å². The third-order valence-electron chi connectivity index (χ3n) is 4.91. The van der Waals surface area contributed by atoms with Crippen molar-refractivity contribution in [2.45, 2.75) is 45.1 Å². The molecule has 0 saturated carbocycles. The second kappa shape index (κ2) is 11.3. The highest BCUT2D eigenvalue weighted by Gasteiger charge is 2.37. The molecule has 0 aliphatic heterocycles. The first kappa shape index (κ1) is 27.0. The van der Waals surface area contributed by atoms with Gasteiger partial charge in [0, 0.05) is 25.2 Å². The molecule has 1 atom stereocenters. The lowest BCUT2D eigenvalue weighted by Crippen LogP contribution is -2.39. The monoisotopic (exact) mass is 489 g/mol. The molecule has 3 amide bonds. The summed E-state index contributed by atoms with van der Waals surface area (Å²) < 4.78 is 78.3. The lowest BCUT2D eigenvalue weighted by atomic mass is 10.1. The number of nitrogens with one attached hydrogen (secondary N) is 2. The summed E-state index contributed by atoms with van der Waals surface area (Å²) >= 11 is 0. The third kappa shape index (κ3) is 7.96. The predicted octanol–water partition coefficient (Wildman–Crippen LogP) is 6.24. The zero-order chi connectivity index (χ0) is 25.5. The molecule has 0 bridgehead atoms. The highest BCUT2D eigenvalue weighted by Crippen LogP contribution is 2.37. The standard InChI is InChI=1S/C23H25F6N3O2/c1-3-10-32(11-9-20(33)30-15(2)16-7-5-4-6-8-16)21(34)31-19-13-17(22(24,25)26)12-18(14-19)23(27,28)29/h4-8,12-15H,3,9-11H2,1-2H3,(H,30,33)(H,31,34). The van der Waals surface area contributed by atoms with Crippen LogP contribution in [0.5, 0.6) is 0 Å². The summed E-state index contributed by atoms with van der Waals surface area (Å²) in [5, 5.41) is 4.88. The molecule has 2 aromatic rings. The molecule has 0 aliphatic carbocycles. The summed E-state index contributed by atoms with van der Waals surface area (Å²) in [7, 11) is 0. The Balaban J connectivity index is 2.09. The van der Waals surface area contributed by atoms with Gasteiger partial charge in [-0.3, -0.25) is 4.79 Å². The number of rotatable bonds is 8. The number of urea groups is 1. The first-order valence-corrected chi connectivity index (χ1v) is 10.5. The molecule has 11 heteroatoms. The first-order valence-electron chi connectivity index (χ1n) is 10.5. The van der Waals surface area contributed by atoms with E-state index in [1.54, 1.807) is 13.8 Å². The third-order valence-corrected chi connectivity index (χ3v) is 4.91. The van der Waals surface area contributed by atoms with Crippen molar-refractivity contribution in [3.05, 3.63) is 65.2 Å². The number of anilines is 1. The van der Waals surface area contributed by atoms with Crippen LogP contribution in [0, 0.1) is 0 Å². The van der Waals surface area contributed by atoms with Crippen LogP contribution in [-0.4, -0.2) is 29.9 Å². The summed E-state index contributed by atoms with van der Waals surface area (Å²) in [6, 6.07) is 8.83. The minimum Gasteiger partial charge on any atom is -0.350 e. The van der Waals surface area contributed by atoms with Gasteiger partial charge >= 0.3 is 18.4 Å². The van der Waals surface area contributed by atoms with Gasteiger partial charge in [-0.25, -0.2) is 4.79 Å². The quantitative estimate of drug-likeness (QED) is 0.432. The Labute approximate surface area is 193 Å². The van der Waals surface area contributed by atoms with E-state index < -0.39 is 35.2 Å². The number of alkyl halides is 6. The molecular formula is C23H25F6N3O2. The number of hydrogen-bond donors (Lipinski definition) is 2. The van der Waals surface area contributed by atoms with E-state index in [0.29, 0.717) is 18.6 Å². The van der Waals surface area contributed by atoms with Crippen molar-refractivity contribution >= 4 is 17.6 Å². The van der Waals surface area contributed by atoms with Crippen LogP contribution in [0.2, 0.25) is 0 Å². The van der Waals surface area contributed by atoms with Crippen molar-refractivity contribution in [1.29, 1.82) is 0 Å². The maximum Gasteiger partial charge on any atom is 0.416 e. The van der Waals surface area contributed by atoms with Gasteiger partial charge < -0.3 is 15.5 Å². The van der Waals surface area contributed by atoms with Crippen molar-refractivity contribution < 1.29 is 35.9 Å². The van der Waals surface area contributed by atoms with Crippen molar-refractivity contribution in [2.75, 3.05) is 18.4 Å². The van der Waals surface area contributed by atoms with Crippen LogP contribution < -0.4 is 10.6 Å². The number of carbonyl (C=O) groups excluding carboxylic acids is 2. The normalized spacial score (nSPS) is 12.7. The molecule has 0 aromatic heterocycles. The molecule has 0 radical (unpaired) electrons. The van der Waals surface area contributed by atoms with E-state index >= 15 is 0 Å². The minimum absolute atomic E-state index is 0.0162. The van der Waals surface area contributed by atoms with Crippen LogP contribution in [-0.2, 0) is 17.1 Å². The van der Waals surface area contributed by atoms with E-state index in [1.165, 1.54) is 4.90 Å². The second-order valence-electron chi connectivity index (χ2n) is 7.66. The molecule has 0 heterocycles. The SMILES string of the molecule is CCCN(CCC(=O)NC(C)c1ccccc1)C(=O)Nc1cc(C(F)(F)F)cc(C(F)(F)F)c1. The summed E-state index contributed by atoms with van der Waals surface area (Å²) in [5.41, 5.74) is -2.83. The Bertz CT molecular complexity index is 945. The summed E-state index contributed by atoms with van der Waals surface area (Å²) in [6.45, 7) is 3.61. The zero-order valence-corrected chi connectivity index (χ0v) is 18.6. The lowest BCUT2D eigenvalue weighted by Gasteiger charge is -2.23. The summed E-state index contributed by atoms with van der Waals surface area (Å²) in [4.78, 5) is 26.1. The van der Waals surface area contributed by atoms with Crippen LogP contribution in [0.25, 0.3) is 0 Å². The minimum atomic E-state index is -5.03. The van der Waals surface area contributed by atoms with Crippen molar-refractivity contribution in [3.63, 3.8) is 0 Å². The topological polar surface area (TPSA) is 61.4 Å². The van der Waals surface area contributed by atoms with Gasteiger partial charge in [-0.2, -0.15) is 26.3 Å². The van der Waals surface area contributed by atoms with E-state index in [0.717, 1.165) is 5.56 Å². The average molecular weight is 489 g/mol. The fourth-order valence-corrected chi connectivity index (χ4v) is 3.19. The van der Waals surface area contributed by atoms with Crippen LogP contribution in [0.1, 0.15) is 49.4 Å². The maximum absolute atomic E-state index is 13.1. The van der Waals surface area contributed by atoms with Gasteiger partial charge in [0.1, 0.15) is 0 Å². The van der Waals surface area contributed by atoms with Crippen molar-refractivity contribution in [2.24, 2.45) is 0 Å². The molecule has 0 aliphatic rings.